The molecule has 0 aromatic carbocycles. The van der Waals surface area contributed by atoms with Crippen molar-refractivity contribution in [3.05, 3.63) is 12.2 Å². The number of carbonyl (C=O) groups excluding carboxylic acids is 2. The summed E-state index contributed by atoms with van der Waals surface area (Å²) in [5.74, 6) is -0.613. The SMILES string of the molecule is COC(=O)[C@@H]1C[C@@]2(O)[C@H]3C=C[C@H](OO3)[C@H]2N1C(=O)OC(C)(C)C. The molecule has 2 fully saturated rings. The lowest BCUT2D eigenvalue weighted by molar-refractivity contribution is -0.405. The molecule has 0 aromatic heterocycles. The Bertz CT molecular complexity index is 555. The molecule has 2 bridgehead atoms. The highest BCUT2D eigenvalue weighted by atomic mass is 17.2. The average molecular weight is 327 g/mol. The zero-order chi connectivity index (χ0) is 17.0. The van der Waals surface area contributed by atoms with Crippen LogP contribution in [0.5, 0.6) is 0 Å². The van der Waals surface area contributed by atoms with Crippen molar-refractivity contribution >= 4 is 12.1 Å². The van der Waals surface area contributed by atoms with Crippen molar-refractivity contribution < 1.29 is 33.9 Å². The van der Waals surface area contributed by atoms with Gasteiger partial charge in [0.1, 0.15) is 35.5 Å². The van der Waals surface area contributed by atoms with E-state index in [2.05, 4.69) is 0 Å². The highest BCUT2D eigenvalue weighted by Gasteiger charge is 2.66. The average Bonchev–Trinajstić information content (AvgIpc) is 2.82. The third-order valence-electron chi connectivity index (χ3n) is 4.30. The summed E-state index contributed by atoms with van der Waals surface area (Å²) in [4.78, 5) is 36.3. The second-order valence-electron chi connectivity index (χ2n) is 7.03. The summed E-state index contributed by atoms with van der Waals surface area (Å²) >= 11 is 0. The van der Waals surface area contributed by atoms with Crippen molar-refractivity contribution in [3.63, 3.8) is 0 Å². The first-order valence-electron chi connectivity index (χ1n) is 7.49. The van der Waals surface area contributed by atoms with Crippen molar-refractivity contribution in [2.45, 2.75) is 62.7 Å². The number of methoxy groups -OCH3 is 1. The Morgan fingerprint density at radius 1 is 1.30 bits per heavy atom. The number of likely N-dealkylation sites (tertiary alicyclic amines) is 1. The standard InChI is InChI=1S/C15H21NO7/c1-14(2,3)21-13(18)16-8(12(17)20-4)7-15(19)10-6-5-9(11(15)16)22-23-10/h5-6,8-11,19H,7H2,1-4H3/t8-,9-,10+,11+,15+/m0/s1. The predicted octanol–water partition coefficient (Wildman–Crippen LogP) is 0.537. The number of aliphatic hydroxyl groups is 1. The number of esters is 1. The monoisotopic (exact) mass is 327 g/mol. The van der Waals surface area contributed by atoms with Crippen LogP contribution in [0.3, 0.4) is 0 Å². The first-order valence-corrected chi connectivity index (χ1v) is 7.49. The molecule has 8 nitrogen and oxygen atoms in total. The van der Waals surface area contributed by atoms with E-state index in [0.29, 0.717) is 0 Å². The first-order chi connectivity index (χ1) is 10.7. The summed E-state index contributed by atoms with van der Waals surface area (Å²) in [5, 5.41) is 11.0. The van der Waals surface area contributed by atoms with Gasteiger partial charge in [0.2, 0.25) is 0 Å². The molecule has 128 valence electrons. The van der Waals surface area contributed by atoms with Gasteiger partial charge in [-0.05, 0) is 20.8 Å². The van der Waals surface area contributed by atoms with Crippen LogP contribution in [0.1, 0.15) is 27.2 Å². The lowest BCUT2D eigenvalue weighted by atomic mass is 9.79. The Morgan fingerprint density at radius 2 is 2.00 bits per heavy atom. The highest BCUT2D eigenvalue weighted by Crippen LogP contribution is 2.46. The molecule has 4 rings (SSSR count). The van der Waals surface area contributed by atoms with Crippen LogP contribution in [-0.4, -0.2) is 64.7 Å². The fourth-order valence-electron chi connectivity index (χ4n) is 3.39. The van der Waals surface area contributed by atoms with Gasteiger partial charge in [-0.1, -0.05) is 12.2 Å². The van der Waals surface area contributed by atoms with E-state index in [-0.39, 0.29) is 6.42 Å². The predicted molar refractivity (Wildman–Crippen MR) is 76.1 cm³/mol. The Labute approximate surface area is 133 Å². The Morgan fingerprint density at radius 3 is 2.52 bits per heavy atom. The van der Waals surface area contributed by atoms with Crippen LogP contribution in [0.4, 0.5) is 4.79 Å². The summed E-state index contributed by atoms with van der Waals surface area (Å²) in [6.45, 7) is 5.19. The normalized spacial score (nSPS) is 38.4. The fraction of sp³-hybridized carbons (Fsp3) is 0.733. The molecule has 1 amide bonds. The van der Waals surface area contributed by atoms with E-state index in [0.717, 1.165) is 0 Å². The van der Waals surface area contributed by atoms with Crippen LogP contribution in [0.2, 0.25) is 0 Å². The molecule has 5 atom stereocenters. The number of ether oxygens (including phenoxy) is 2. The quantitative estimate of drug-likeness (QED) is 0.426. The van der Waals surface area contributed by atoms with Gasteiger partial charge in [0.15, 0.2) is 0 Å². The molecule has 3 aliphatic heterocycles. The number of nitrogens with zero attached hydrogens (tertiary/aromatic N) is 1. The minimum absolute atomic E-state index is 0.00154. The van der Waals surface area contributed by atoms with Crippen molar-refractivity contribution in [1.29, 1.82) is 0 Å². The minimum Gasteiger partial charge on any atom is -0.467 e. The van der Waals surface area contributed by atoms with Crippen LogP contribution < -0.4 is 0 Å². The van der Waals surface area contributed by atoms with Crippen LogP contribution in [0.25, 0.3) is 0 Å². The molecule has 23 heavy (non-hydrogen) atoms. The van der Waals surface area contributed by atoms with Crippen molar-refractivity contribution in [1.82, 2.24) is 4.90 Å². The summed E-state index contributed by atoms with van der Waals surface area (Å²) in [6.07, 6.45) is 1.27. The number of rotatable bonds is 1. The second kappa shape index (κ2) is 5.19. The Kier molecular flexibility index (Phi) is 3.66. The largest absolute Gasteiger partial charge is 0.467 e. The lowest BCUT2D eigenvalue weighted by Gasteiger charge is -2.47. The molecule has 3 heterocycles. The summed E-state index contributed by atoms with van der Waals surface area (Å²) in [5.41, 5.74) is -2.16. The van der Waals surface area contributed by atoms with Gasteiger partial charge in [-0.3, -0.25) is 4.90 Å². The lowest BCUT2D eigenvalue weighted by Crippen LogP contribution is -2.65. The van der Waals surface area contributed by atoms with Crippen LogP contribution in [0.15, 0.2) is 12.2 Å². The highest BCUT2D eigenvalue weighted by molar-refractivity contribution is 5.83. The van der Waals surface area contributed by atoms with Gasteiger partial charge < -0.3 is 14.6 Å². The zero-order valence-corrected chi connectivity index (χ0v) is 13.5. The molecule has 0 saturated carbocycles. The Hall–Kier alpha value is -1.64. The van der Waals surface area contributed by atoms with E-state index in [1.165, 1.54) is 12.0 Å². The summed E-state index contributed by atoms with van der Waals surface area (Å²) in [7, 11) is 1.24. The molecule has 8 heteroatoms. The van der Waals surface area contributed by atoms with Crippen LogP contribution >= 0.6 is 0 Å². The first kappa shape index (κ1) is 16.2. The minimum atomic E-state index is -1.42. The van der Waals surface area contributed by atoms with Gasteiger partial charge in [-0.25, -0.2) is 19.4 Å². The molecule has 0 unspecified atom stereocenters. The van der Waals surface area contributed by atoms with Crippen molar-refractivity contribution in [3.8, 4) is 0 Å². The van der Waals surface area contributed by atoms with E-state index in [4.69, 9.17) is 19.2 Å². The molecular formula is C15H21NO7. The van der Waals surface area contributed by atoms with E-state index in [9.17, 15) is 14.7 Å². The fourth-order valence-corrected chi connectivity index (χ4v) is 3.39. The zero-order valence-electron chi connectivity index (χ0n) is 13.5. The third-order valence-corrected chi connectivity index (χ3v) is 4.30. The van der Waals surface area contributed by atoms with E-state index >= 15 is 0 Å². The molecule has 1 N–H and O–H groups in total. The van der Waals surface area contributed by atoms with E-state index in [1.54, 1.807) is 32.9 Å². The second-order valence-corrected chi connectivity index (χ2v) is 7.03. The van der Waals surface area contributed by atoms with Crippen LogP contribution in [-0.2, 0) is 24.0 Å². The number of hydrogen-bond acceptors (Lipinski definition) is 7. The summed E-state index contributed by atoms with van der Waals surface area (Å²) < 4.78 is 10.2. The molecule has 0 aromatic rings. The van der Waals surface area contributed by atoms with Gasteiger partial charge in [0, 0.05) is 6.42 Å². The third kappa shape index (κ3) is 2.50. The number of hydrogen-bond donors (Lipinski definition) is 1. The maximum atomic E-state index is 12.6. The number of amides is 1. The molecule has 4 aliphatic rings. The van der Waals surface area contributed by atoms with Crippen LogP contribution in [0, 0.1) is 0 Å². The molecule has 1 aliphatic carbocycles. The van der Waals surface area contributed by atoms with Gasteiger partial charge in [0.05, 0.1) is 7.11 Å². The molecule has 0 spiro atoms. The topological polar surface area (TPSA) is 94.5 Å². The molecular weight excluding hydrogens is 306 g/mol. The molecule has 2 saturated heterocycles. The number of carbonyl (C=O) groups is 2. The van der Waals surface area contributed by atoms with E-state index < -0.39 is 47.6 Å². The summed E-state index contributed by atoms with van der Waals surface area (Å²) in [6, 6.07) is -1.73. The van der Waals surface area contributed by atoms with E-state index in [1.807, 2.05) is 0 Å². The molecule has 0 radical (unpaired) electrons. The van der Waals surface area contributed by atoms with Gasteiger partial charge >= 0.3 is 12.1 Å². The maximum Gasteiger partial charge on any atom is 0.411 e. The Balaban J connectivity index is 1.97. The number of fused-ring (bicyclic) bond motifs is 1. The van der Waals surface area contributed by atoms with Crippen molar-refractivity contribution in [2.24, 2.45) is 0 Å². The van der Waals surface area contributed by atoms with Gasteiger partial charge in [0.25, 0.3) is 0 Å². The maximum absolute atomic E-state index is 12.6. The van der Waals surface area contributed by atoms with Gasteiger partial charge in [-0.2, -0.15) is 0 Å². The van der Waals surface area contributed by atoms with Crippen molar-refractivity contribution in [2.75, 3.05) is 7.11 Å². The van der Waals surface area contributed by atoms with Gasteiger partial charge in [-0.15, -0.1) is 0 Å². The smallest absolute Gasteiger partial charge is 0.411 e.